The Hall–Kier alpha value is -1.40. The fourth-order valence-corrected chi connectivity index (χ4v) is 9.64. The average molecular weight is 947 g/mol. The number of hydrogen-bond acceptors (Lipinski definition) is 5. The zero-order chi connectivity index (χ0) is 48.6. The minimum Gasteiger partial charge on any atom is -0.466 e. The number of aliphatic hydroxyl groups excluding tert-OH is 2. The quantitative estimate of drug-likeness (QED) is 0.0321. The Labute approximate surface area is 419 Å². The molecule has 0 aliphatic heterocycles. The van der Waals surface area contributed by atoms with Crippen molar-refractivity contribution in [3.63, 3.8) is 0 Å². The summed E-state index contributed by atoms with van der Waals surface area (Å²) in [5, 5.41) is 23.2. The highest BCUT2D eigenvalue weighted by atomic mass is 16.5. The molecule has 0 radical (unpaired) electrons. The van der Waals surface area contributed by atoms with Gasteiger partial charge in [0.25, 0.3) is 0 Å². The van der Waals surface area contributed by atoms with Gasteiger partial charge in [0.1, 0.15) is 0 Å². The molecule has 67 heavy (non-hydrogen) atoms. The first-order chi connectivity index (χ1) is 33.0. The predicted octanol–water partition coefficient (Wildman–Crippen LogP) is 18.9. The maximum atomic E-state index is 12.5. The molecule has 2 atom stereocenters. The van der Waals surface area contributed by atoms with Crippen LogP contribution in [-0.2, 0) is 14.3 Å². The first-order valence-electron chi connectivity index (χ1n) is 30.4. The van der Waals surface area contributed by atoms with Gasteiger partial charge in [-0.25, -0.2) is 0 Å². The maximum absolute atomic E-state index is 12.5. The van der Waals surface area contributed by atoms with Crippen LogP contribution in [0.3, 0.4) is 0 Å². The number of nitrogens with one attached hydrogen (secondary N) is 1. The minimum absolute atomic E-state index is 0.00761. The zero-order valence-corrected chi connectivity index (χ0v) is 45.4. The summed E-state index contributed by atoms with van der Waals surface area (Å²) in [6.07, 6.45) is 67.8. The lowest BCUT2D eigenvalue weighted by molar-refractivity contribution is -0.143. The van der Waals surface area contributed by atoms with Crippen molar-refractivity contribution in [2.75, 3.05) is 13.2 Å². The molecule has 0 aromatic rings. The van der Waals surface area contributed by atoms with Gasteiger partial charge in [-0.3, -0.25) is 9.59 Å². The second kappa shape index (κ2) is 57.2. The van der Waals surface area contributed by atoms with Crippen LogP contribution in [-0.4, -0.2) is 47.4 Å². The Morgan fingerprint density at radius 1 is 0.403 bits per heavy atom. The molecule has 1 amide bonds. The molecule has 0 aromatic heterocycles. The number of esters is 1. The third-order valence-electron chi connectivity index (χ3n) is 14.3. The fourth-order valence-electron chi connectivity index (χ4n) is 9.64. The smallest absolute Gasteiger partial charge is 0.305 e. The fraction of sp³-hybridized carbons (Fsp3) is 0.934. The Kier molecular flexibility index (Phi) is 56.0. The van der Waals surface area contributed by atoms with Crippen LogP contribution in [0.4, 0.5) is 0 Å². The SMILES string of the molecule is CCCCCCCC/C=C\CCCCCCCCCCCC(=O)OCCCCCCCCCCCCCCCCCCCCC(=O)NC(CO)C(O)CCCCCCCCCCCCCCC. The van der Waals surface area contributed by atoms with Crippen molar-refractivity contribution < 1.29 is 24.5 Å². The summed E-state index contributed by atoms with van der Waals surface area (Å²) in [6, 6.07) is -0.543. The van der Waals surface area contributed by atoms with E-state index in [-0.39, 0.29) is 18.5 Å². The standard InChI is InChI=1S/C61H119NO5/c1-3-5-7-9-11-13-15-17-18-19-20-24-27-31-35-39-43-47-51-55-61(66)67-56-52-48-44-40-36-32-28-25-22-21-23-26-30-34-38-42-46-50-54-60(65)62-58(57-63)59(64)53-49-45-41-37-33-29-16-14-12-10-8-6-4-2/h17-18,58-59,63-64H,3-16,19-57H2,1-2H3,(H,62,65)/b18-17-. The largest absolute Gasteiger partial charge is 0.466 e. The van der Waals surface area contributed by atoms with Crippen molar-refractivity contribution in [2.45, 2.75) is 353 Å². The average Bonchev–Trinajstić information content (AvgIpc) is 3.33. The van der Waals surface area contributed by atoms with Crippen molar-refractivity contribution in [3.8, 4) is 0 Å². The van der Waals surface area contributed by atoms with E-state index in [1.165, 1.54) is 263 Å². The first-order valence-corrected chi connectivity index (χ1v) is 30.4. The second-order valence-electron chi connectivity index (χ2n) is 21.0. The molecule has 0 fully saturated rings. The molecule has 0 heterocycles. The van der Waals surface area contributed by atoms with Crippen LogP contribution in [0.15, 0.2) is 12.2 Å². The van der Waals surface area contributed by atoms with Gasteiger partial charge in [-0.05, 0) is 51.4 Å². The summed E-state index contributed by atoms with van der Waals surface area (Å²) < 4.78 is 5.50. The van der Waals surface area contributed by atoms with Crippen molar-refractivity contribution >= 4 is 11.9 Å². The summed E-state index contributed by atoms with van der Waals surface area (Å²) >= 11 is 0. The number of unbranched alkanes of at least 4 members (excludes halogenated alkanes) is 44. The Morgan fingerprint density at radius 3 is 1.06 bits per heavy atom. The van der Waals surface area contributed by atoms with Gasteiger partial charge in [-0.15, -0.1) is 0 Å². The van der Waals surface area contributed by atoms with Crippen molar-refractivity contribution in [2.24, 2.45) is 0 Å². The van der Waals surface area contributed by atoms with Gasteiger partial charge in [0.05, 0.1) is 25.4 Å². The molecule has 3 N–H and O–H groups in total. The van der Waals surface area contributed by atoms with E-state index in [0.29, 0.717) is 25.9 Å². The van der Waals surface area contributed by atoms with Gasteiger partial charge in [-0.1, -0.05) is 289 Å². The predicted molar refractivity (Wildman–Crippen MR) is 292 cm³/mol. The molecule has 2 unspecified atom stereocenters. The van der Waals surface area contributed by atoms with Gasteiger partial charge in [0.15, 0.2) is 0 Å². The molecule has 6 nitrogen and oxygen atoms in total. The van der Waals surface area contributed by atoms with Gasteiger partial charge < -0.3 is 20.3 Å². The third kappa shape index (κ3) is 53.8. The van der Waals surface area contributed by atoms with E-state index in [9.17, 15) is 19.8 Å². The van der Waals surface area contributed by atoms with Crippen LogP contribution in [0.1, 0.15) is 341 Å². The van der Waals surface area contributed by atoms with Crippen LogP contribution in [0, 0.1) is 0 Å². The summed E-state index contributed by atoms with van der Waals surface area (Å²) in [5.41, 5.74) is 0. The topological polar surface area (TPSA) is 95.9 Å². The van der Waals surface area contributed by atoms with E-state index < -0.39 is 12.1 Å². The molecule has 0 spiro atoms. The van der Waals surface area contributed by atoms with E-state index in [0.717, 1.165) is 44.9 Å². The Balaban J connectivity index is 3.37. The summed E-state index contributed by atoms with van der Waals surface area (Å²) in [7, 11) is 0. The van der Waals surface area contributed by atoms with E-state index in [1.807, 2.05) is 0 Å². The van der Waals surface area contributed by atoms with E-state index >= 15 is 0 Å². The molecule has 0 saturated heterocycles. The highest BCUT2D eigenvalue weighted by Gasteiger charge is 2.20. The lowest BCUT2D eigenvalue weighted by Crippen LogP contribution is -2.45. The maximum Gasteiger partial charge on any atom is 0.305 e. The third-order valence-corrected chi connectivity index (χ3v) is 14.3. The molecule has 0 saturated carbocycles. The highest BCUT2D eigenvalue weighted by molar-refractivity contribution is 5.76. The number of amides is 1. The summed E-state index contributed by atoms with van der Waals surface area (Å²) in [4.78, 5) is 24.6. The number of allylic oxidation sites excluding steroid dienone is 2. The molecule has 0 aromatic carbocycles. The van der Waals surface area contributed by atoms with Crippen molar-refractivity contribution in [1.82, 2.24) is 5.32 Å². The van der Waals surface area contributed by atoms with Crippen molar-refractivity contribution in [3.05, 3.63) is 12.2 Å². The molecule has 0 aliphatic rings. The number of ether oxygens (including phenoxy) is 1. The molecule has 6 heteroatoms. The highest BCUT2D eigenvalue weighted by Crippen LogP contribution is 2.18. The van der Waals surface area contributed by atoms with Gasteiger partial charge >= 0.3 is 5.97 Å². The molecular weight excluding hydrogens is 827 g/mol. The second-order valence-corrected chi connectivity index (χ2v) is 21.0. The van der Waals surface area contributed by atoms with Crippen LogP contribution in [0.5, 0.6) is 0 Å². The number of carbonyl (C=O) groups excluding carboxylic acids is 2. The van der Waals surface area contributed by atoms with E-state index in [4.69, 9.17) is 4.74 Å². The molecular formula is C61H119NO5. The Bertz CT molecular complexity index is 1000. The lowest BCUT2D eigenvalue weighted by Gasteiger charge is -2.22. The van der Waals surface area contributed by atoms with Gasteiger partial charge in [-0.2, -0.15) is 0 Å². The van der Waals surface area contributed by atoms with E-state index in [2.05, 4.69) is 31.3 Å². The number of carbonyl (C=O) groups is 2. The van der Waals surface area contributed by atoms with Gasteiger partial charge in [0.2, 0.25) is 5.91 Å². The molecule has 0 aliphatic carbocycles. The number of hydrogen-bond donors (Lipinski definition) is 3. The summed E-state index contributed by atoms with van der Waals surface area (Å²) in [6.45, 7) is 4.96. The van der Waals surface area contributed by atoms with Crippen LogP contribution in [0.25, 0.3) is 0 Å². The van der Waals surface area contributed by atoms with Crippen LogP contribution < -0.4 is 5.32 Å². The monoisotopic (exact) mass is 946 g/mol. The summed E-state index contributed by atoms with van der Waals surface area (Å²) in [5.74, 6) is -0.0298. The normalized spacial score (nSPS) is 12.6. The van der Waals surface area contributed by atoms with Crippen LogP contribution in [0.2, 0.25) is 0 Å². The first kappa shape index (κ1) is 65.6. The van der Waals surface area contributed by atoms with Crippen LogP contribution >= 0.6 is 0 Å². The van der Waals surface area contributed by atoms with Gasteiger partial charge in [0, 0.05) is 12.8 Å². The molecule has 0 bridgehead atoms. The van der Waals surface area contributed by atoms with Crippen molar-refractivity contribution in [1.29, 1.82) is 0 Å². The number of rotatable bonds is 57. The molecule has 0 rings (SSSR count). The zero-order valence-electron chi connectivity index (χ0n) is 45.4. The molecule has 398 valence electrons. The lowest BCUT2D eigenvalue weighted by atomic mass is 10.0. The van der Waals surface area contributed by atoms with E-state index in [1.54, 1.807) is 0 Å². The number of aliphatic hydroxyl groups is 2. The Morgan fingerprint density at radius 2 is 0.701 bits per heavy atom. The minimum atomic E-state index is -0.665.